The van der Waals surface area contributed by atoms with E-state index in [0.29, 0.717) is 5.69 Å². The van der Waals surface area contributed by atoms with Gasteiger partial charge in [-0.3, -0.25) is 0 Å². The first-order valence-corrected chi connectivity index (χ1v) is 5.46. The largest absolute Gasteiger partial charge is 0.465 e. The minimum absolute atomic E-state index is 0.0771. The molecular formula is C12H13F2NO2. The van der Waals surface area contributed by atoms with Crippen molar-refractivity contribution in [1.29, 1.82) is 0 Å². The summed E-state index contributed by atoms with van der Waals surface area (Å²) in [4.78, 5) is 13.4. The summed E-state index contributed by atoms with van der Waals surface area (Å²) in [6.07, 6.45) is 1.97. The SMILES string of the molecule is COC(=O)c1cc(F)c(F)cc1N1CCCC1. The van der Waals surface area contributed by atoms with Crippen molar-refractivity contribution in [3.8, 4) is 0 Å². The third-order valence-electron chi connectivity index (χ3n) is 2.89. The molecule has 92 valence electrons. The molecule has 0 amide bonds. The first-order valence-electron chi connectivity index (χ1n) is 5.46. The third-order valence-corrected chi connectivity index (χ3v) is 2.89. The number of rotatable bonds is 2. The van der Waals surface area contributed by atoms with Crippen LogP contribution in [-0.2, 0) is 4.74 Å². The Morgan fingerprint density at radius 3 is 2.41 bits per heavy atom. The maximum absolute atomic E-state index is 13.2. The van der Waals surface area contributed by atoms with Crippen molar-refractivity contribution >= 4 is 11.7 Å². The second-order valence-electron chi connectivity index (χ2n) is 3.97. The van der Waals surface area contributed by atoms with E-state index in [9.17, 15) is 13.6 Å². The molecule has 0 saturated carbocycles. The van der Waals surface area contributed by atoms with E-state index in [1.165, 1.54) is 7.11 Å². The summed E-state index contributed by atoms with van der Waals surface area (Å²) in [5, 5.41) is 0. The number of benzene rings is 1. The van der Waals surface area contributed by atoms with Gasteiger partial charge in [0, 0.05) is 19.2 Å². The fraction of sp³-hybridized carbons (Fsp3) is 0.417. The monoisotopic (exact) mass is 241 g/mol. The van der Waals surface area contributed by atoms with Crippen molar-refractivity contribution < 1.29 is 18.3 Å². The Kier molecular flexibility index (Phi) is 3.26. The number of anilines is 1. The number of nitrogens with zero attached hydrogens (tertiary/aromatic N) is 1. The molecule has 1 aromatic carbocycles. The van der Waals surface area contributed by atoms with Crippen LogP contribution in [0.2, 0.25) is 0 Å². The molecule has 0 aromatic heterocycles. The number of carbonyl (C=O) groups is 1. The predicted molar refractivity (Wildman–Crippen MR) is 59.1 cm³/mol. The molecule has 0 N–H and O–H groups in total. The first-order chi connectivity index (χ1) is 8.13. The lowest BCUT2D eigenvalue weighted by atomic mass is 10.1. The molecule has 1 aliphatic rings. The van der Waals surface area contributed by atoms with E-state index in [4.69, 9.17) is 0 Å². The smallest absolute Gasteiger partial charge is 0.340 e. The van der Waals surface area contributed by atoms with Crippen LogP contribution in [0.1, 0.15) is 23.2 Å². The second kappa shape index (κ2) is 4.69. The number of carbonyl (C=O) groups excluding carboxylic acids is 1. The Balaban J connectivity index is 2.46. The van der Waals surface area contributed by atoms with Crippen LogP contribution in [0.25, 0.3) is 0 Å². The number of methoxy groups -OCH3 is 1. The van der Waals surface area contributed by atoms with Gasteiger partial charge in [0.1, 0.15) is 0 Å². The molecule has 0 radical (unpaired) electrons. The van der Waals surface area contributed by atoms with Crippen molar-refractivity contribution in [1.82, 2.24) is 0 Å². The fourth-order valence-corrected chi connectivity index (χ4v) is 2.03. The van der Waals surface area contributed by atoms with E-state index in [1.54, 1.807) is 0 Å². The molecule has 0 atom stereocenters. The predicted octanol–water partition coefficient (Wildman–Crippen LogP) is 2.35. The molecule has 1 heterocycles. The van der Waals surface area contributed by atoms with Crippen molar-refractivity contribution in [2.75, 3.05) is 25.1 Å². The highest BCUT2D eigenvalue weighted by Crippen LogP contribution is 2.27. The number of ether oxygens (including phenoxy) is 1. The zero-order valence-electron chi connectivity index (χ0n) is 9.50. The second-order valence-corrected chi connectivity index (χ2v) is 3.97. The first kappa shape index (κ1) is 11.8. The van der Waals surface area contributed by atoms with Gasteiger partial charge in [-0.15, -0.1) is 0 Å². The van der Waals surface area contributed by atoms with Crippen molar-refractivity contribution in [2.24, 2.45) is 0 Å². The molecule has 0 unspecified atom stereocenters. The van der Waals surface area contributed by atoms with Crippen molar-refractivity contribution in [2.45, 2.75) is 12.8 Å². The Morgan fingerprint density at radius 1 is 1.24 bits per heavy atom. The Morgan fingerprint density at radius 2 is 1.82 bits per heavy atom. The molecule has 1 saturated heterocycles. The van der Waals surface area contributed by atoms with E-state index in [1.807, 2.05) is 4.90 Å². The molecule has 5 heteroatoms. The molecule has 2 rings (SSSR count). The third kappa shape index (κ3) is 2.23. The summed E-state index contributed by atoms with van der Waals surface area (Å²) < 4.78 is 30.9. The maximum Gasteiger partial charge on any atom is 0.340 e. The average molecular weight is 241 g/mol. The number of hydrogen-bond donors (Lipinski definition) is 0. The van der Waals surface area contributed by atoms with Gasteiger partial charge in [-0.2, -0.15) is 0 Å². The normalized spacial score (nSPS) is 15.1. The molecule has 1 aromatic rings. The molecule has 0 spiro atoms. The summed E-state index contributed by atoms with van der Waals surface area (Å²) >= 11 is 0. The zero-order valence-corrected chi connectivity index (χ0v) is 9.50. The fourth-order valence-electron chi connectivity index (χ4n) is 2.03. The zero-order chi connectivity index (χ0) is 12.4. The Bertz CT molecular complexity index is 442. The van der Waals surface area contributed by atoms with Gasteiger partial charge in [-0.05, 0) is 18.9 Å². The van der Waals surface area contributed by atoms with Crippen LogP contribution in [0.5, 0.6) is 0 Å². The van der Waals surface area contributed by atoms with Crippen LogP contribution in [0.15, 0.2) is 12.1 Å². The van der Waals surface area contributed by atoms with Gasteiger partial charge >= 0.3 is 5.97 Å². The van der Waals surface area contributed by atoms with Crippen LogP contribution in [0, 0.1) is 11.6 Å². The van der Waals surface area contributed by atoms with Gasteiger partial charge in [-0.25, -0.2) is 13.6 Å². The lowest BCUT2D eigenvalue weighted by Crippen LogP contribution is -2.21. The van der Waals surface area contributed by atoms with Gasteiger partial charge < -0.3 is 9.64 Å². The lowest BCUT2D eigenvalue weighted by molar-refractivity contribution is 0.0601. The maximum atomic E-state index is 13.2. The highest BCUT2D eigenvalue weighted by Gasteiger charge is 2.22. The number of esters is 1. The van der Waals surface area contributed by atoms with Crippen molar-refractivity contribution in [3.63, 3.8) is 0 Å². The average Bonchev–Trinajstić information content (AvgIpc) is 2.84. The Hall–Kier alpha value is -1.65. The number of hydrogen-bond acceptors (Lipinski definition) is 3. The number of halogens is 2. The molecular weight excluding hydrogens is 228 g/mol. The van der Waals surface area contributed by atoms with E-state index in [2.05, 4.69) is 4.74 Å². The topological polar surface area (TPSA) is 29.5 Å². The molecule has 1 aliphatic heterocycles. The quantitative estimate of drug-likeness (QED) is 0.744. The lowest BCUT2D eigenvalue weighted by Gasteiger charge is -2.20. The van der Waals surface area contributed by atoms with Gasteiger partial charge in [0.15, 0.2) is 11.6 Å². The minimum Gasteiger partial charge on any atom is -0.465 e. The van der Waals surface area contributed by atoms with Crippen LogP contribution in [-0.4, -0.2) is 26.2 Å². The van der Waals surface area contributed by atoms with Gasteiger partial charge in [0.05, 0.1) is 18.4 Å². The highest BCUT2D eigenvalue weighted by molar-refractivity contribution is 5.96. The van der Waals surface area contributed by atoms with Gasteiger partial charge in [0.2, 0.25) is 0 Å². The van der Waals surface area contributed by atoms with Crippen LogP contribution in [0.3, 0.4) is 0 Å². The Labute approximate surface area is 98.0 Å². The van der Waals surface area contributed by atoms with Crippen LogP contribution in [0.4, 0.5) is 14.5 Å². The summed E-state index contributed by atoms with van der Waals surface area (Å²) in [6.45, 7) is 1.49. The van der Waals surface area contributed by atoms with Gasteiger partial charge in [-0.1, -0.05) is 0 Å². The summed E-state index contributed by atoms with van der Waals surface area (Å²) in [7, 11) is 1.22. The summed E-state index contributed by atoms with van der Waals surface area (Å²) in [5.74, 6) is -2.63. The molecule has 0 aliphatic carbocycles. The van der Waals surface area contributed by atoms with E-state index in [0.717, 1.165) is 38.1 Å². The highest BCUT2D eigenvalue weighted by atomic mass is 19.2. The minimum atomic E-state index is -1.03. The van der Waals surface area contributed by atoms with E-state index >= 15 is 0 Å². The standard InChI is InChI=1S/C12H13F2NO2/c1-17-12(16)8-6-9(13)10(14)7-11(8)15-4-2-3-5-15/h6-7H,2-5H2,1H3. The van der Waals surface area contributed by atoms with Crippen LogP contribution >= 0.6 is 0 Å². The van der Waals surface area contributed by atoms with Crippen molar-refractivity contribution in [3.05, 3.63) is 29.3 Å². The van der Waals surface area contributed by atoms with E-state index in [-0.39, 0.29) is 5.56 Å². The molecule has 0 bridgehead atoms. The van der Waals surface area contributed by atoms with E-state index < -0.39 is 17.6 Å². The van der Waals surface area contributed by atoms with Gasteiger partial charge in [0.25, 0.3) is 0 Å². The summed E-state index contributed by atoms with van der Waals surface area (Å²) in [6, 6.07) is 1.96. The van der Waals surface area contributed by atoms with Crippen LogP contribution < -0.4 is 4.90 Å². The summed E-state index contributed by atoms with van der Waals surface area (Å²) in [5.41, 5.74) is 0.488. The molecule has 3 nitrogen and oxygen atoms in total. The molecule has 17 heavy (non-hydrogen) atoms. The molecule has 1 fully saturated rings.